The lowest BCUT2D eigenvalue weighted by Crippen LogP contribution is -2.35. The van der Waals surface area contributed by atoms with E-state index >= 15 is 0 Å². The molecule has 2 rings (SSSR count). The fourth-order valence-electron chi connectivity index (χ4n) is 4.18. The van der Waals surface area contributed by atoms with Gasteiger partial charge in [-0.2, -0.15) is 0 Å². The molecule has 31 heavy (non-hydrogen) atoms. The van der Waals surface area contributed by atoms with Crippen molar-refractivity contribution < 1.29 is 19.8 Å². The Bertz CT molecular complexity index is 796. The zero-order valence-electron chi connectivity index (χ0n) is 19.0. The van der Waals surface area contributed by atoms with Crippen molar-refractivity contribution in [2.45, 2.75) is 84.0 Å². The summed E-state index contributed by atoms with van der Waals surface area (Å²) >= 11 is 0. The van der Waals surface area contributed by atoms with Crippen molar-refractivity contribution in [3.8, 4) is 0 Å². The topological polar surface area (TPSA) is 77.8 Å². The summed E-state index contributed by atoms with van der Waals surface area (Å²) in [5.74, 6) is -0.448. The van der Waals surface area contributed by atoms with Crippen molar-refractivity contribution in [2.24, 2.45) is 5.92 Å². The van der Waals surface area contributed by atoms with E-state index in [1.54, 1.807) is 17.2 Å². The van der Waals surface area contributed by atoms with E-state index in [-0.39, 0.29) is 23.2 Å². The summed E-state index contributed by atoms with van der Waals surface area (Å²) in [6, 6.07) is 0. The Morgan fingerprint density at radius 2 is 1.61 bits per heavy atom. The van der Waals surface area contributed by atoms with Gasteiger partial charge in [0.05, 0.1) is 11.3 Å². The largest absolute Gasteiger partial charge is 0.512 e. The summed E-state index contributed by atoms with van der Waals surface area (Å²) in [5, 5.41) is 17.8. The minimum atomic E-state index is -0.292. The van der Waals surface area contributed by atoms with Gasteiger partial charge in [0.2, 0.25) is 5.78 Å². The lowest BCUT2D eigenvalue weighted by molar-refractivity contribution is -0.123. The number of unbranched alkanes of at least 4 members (excludes halogenated alkanes) is 10. The Balaban J connectivity index is 1.59. The maximum absolute atomic E-state index is 12.8. The normalized spacial score (nSPS) is 20.2. The van der Waals surface area contributed by atoms with E-state index in [0.717, 1.165) is 43.9 Å². The number of carbonyl (C=O) groups excluding carboxylic acids is 2. The van der Waals surface area contributed by atoms with Crippen LogP contribution >= 0.6 is 0 Å². The van der Waals surface area contributed by atoms with Gasteiger partial charge >= 0.3 is 0 Å². The molecule has 0 fully saturated rings. The van der Waals surface area contributed by atoms with Crippen LogP contribution in [0.5, 0.6) is 0 Å². The molecule has 1 heterocycles. The number of rotatable bonds is 13. The monoisotopic (exact) mass is 427 g/mol. The van der Waals surface area contributed by atoms with Crippen molar-refractivity contribution in [1.82, 2.24) is 4.90 Å². The third kappa shape index (κ3) is 7.29. The molecule has 0 saturated heterocycles. The summed E-state index contributed by atoms with van der Waals surface area (Å²) in [4.78, 5) is 27.2. The van der Waals surface area contributed by atoms with Crippen LogP contribution in [0.25, 0.3) is 0 Å². The van der Waals surface area contributed by atoms with E-state index in [0.29, 0.717) is 17.7 Å². The van der Waals surface area contributed by atoms with Gasteiger partial charge < -0.3 is 15.1 Å². The van der Waals surface area contributed by atoms with E-state index < -0.39 is 0 Å². The molecule has 1 unspecified atom stereocenters. The molecule has 1 aliphatic carbocycles. The van der Waals surface area contributed by atoms with Crippen LogP contribution in [0, 0.1) is 5.92 Å². The molecule has 2 aliphatic rings. The van der Waals surface area contributed by atoms with E-state index in [4.69, 9.17) is 10.2 Å². The summed E-state index contributed by atoms with van der Waals surface area (Å²) in [6.45, 7) is 1.87. The number of aliphatic hydroxyl groups excluding tert-OH is 2. The Kier molecular flexibility index (Phi) is 10.4. The Morgan fingerprint density at radius 1 is 1.03 bits per heavy atom. The number of ketones is 2. The van der Waals surface area contributed by atoms with Gasteiger partial charge in [0.1, 0.15) is 12.0 Å². The standard InChI is InChI=1S/C26H37NO4/c1-20-22-17-14-18-27(2)24(22)26(31)23(25(20)30)16-13-11-9-7-5-3-4-6-8-10-12-15-21(29)19-28/h16-20,28-29H,3-13,15H2,1-2H3/b21-19-,23-16?. The molecule has 1 aliphatic heterocycles. The summed E-state index contributed by atoms with van der Waals surface area (Å²) in [5.41, 5.74) is 4.73. The number of aliphatic hydroxyl groups is 2. The smallest absolute Gasteiger partial charge is 0.212 e. The molecule has 0 spiro atoms. The summed E-state index contributed by atoms with van der Waals surface area (Å²) < 4.78 is 0. The van der Waals surface area contributed by atoms with Gasteiger partial charge in [0.25, 0.3) is 0 Å². The molecule has 0 amide bonds. The third-order valence-corrected chi connectivity index (χ3v) is 6.10. The Hall–Kier alpha value is -2.52. The Morgan fingerprint density at radius 3 is 2.23 bits per heavy atom. The molecule has 1 atom stereocenters. The fraction of sp³-hybridized carbons (Fsp3) is 0.577. The summed E-state index contributed by atoms with van der Waals surface area (Å²) in [7, 11) is 1.83. The van der Waals surface area contributed by atoms with E-state index in [2.05, 4.69) is 5.73 Å². The zero-order chi connectivity index (χ0) is 22.6. The number of carbonyl (C=O) groups is 2. The first kappa shape index (κ1) is 24.7. The van der Waals surface area contributed by atoms with Gasteiger partial charge in [-0.3, -0.25) is 9.59 Å². The second-order valence-corrected chi connectivity index (χ2v) is 8.58. The van der Waals surface area contributed by atoms with Gasteiger partial charge in [-0.15, -0.1) is 5.73 Å². The Labute approximate surface area is 186 Å². The highest BCUT2D eigenvalue weighted by Crippen LogP contribution is 2.32. The van der Waals surface area contributed by atoms with Crippen LogP contribution in [0.15, 0.2) is 52.9 Å². The highest BCUT2D eigenvalue weighted by Gasteiger charge is 2.37. The molecule has 0 bridgehead atoms. The minimum Gasteiger partial charge on any atom is -0.512 e. The van der Waals surface area contributed by atoms with Crippen LogP contribution < -0.4 is 0 Å². The van der Waals surface area contributed by atoms with Crippen LogP contribution in [0.1, 0.15) is 84.0 Å². The average Bonchev–Trinajstić information content (AvgIpc) is 2.76. The number of hydrogen-bond acceptors (Lipinski definition) is 5. The van der Waals surface area contributed by atoms with E-state index in [1.807, 2.05) is 20.0 Å². The van der Waals surface area contributed by atoms with Crippen LogP contribution in [0.4, 0.5) is 0 Å². The van der Waals surface area contributed by atoms with Crippen molar-refractivity contribution >= 4 is 11.6 Å². The second-order valence-electron chi connectivity index (χ2n) is 8.58. The predicted octanol–water partition coefficient (Wildman–Crippen LogP) is 6.21. The second kappa shape index (κ2) is 13.0. The average molecular weight is 428 g/mol. The van der Waals surface area contributed by atoms with Crippen molar-refractivity contribution in [2.75, 3.05) is 7.05 Å². The minimum absolute atomic E-state index is 0.0693. The highest BCUT2D eigenvalue weighted by atomic mass is 16.3. The number of allylic oxidation sites excluding steroid dienone is 5. The third-order valence-electron chi connectivity index (χ3n) is 6.10. The van der Waals surface area contributed by atoms with Gasteiger partial charge in [0, 0.05) is 25.6 Å². The number of nitrogens with zero attached hydrogens (tertiary/aromatic N) is 1. The zero-order valence-corrected chi connectivity index (χ0v) is 19.0. The van der Waals surface area contributed by atoms with Crippen LogP contribution in [0.3, 0.4) is 0 Å². The lowest BCUT2D eigenvalue weighted by Gasteiger charge is -2.29. The predicted molar refractivity (Wildman–Crippen MR) is 123 cm³/mol. The van der Waals surface area contributed by atoms with E-state index in [1.165, 1.54) is 38.5 Å². The molecule has 170 valence electrons. The van der Waals surface area contributed by atoms with Gasteiger partial charge in [-0.25, -0.2) is 0 Å². The van der Waals surface area contributed by atoms with Crippen molar-refractivity contribution in [1.29, 1.82) is 0 Å². The molecule has 0 radical (unpaired) electrons. The molecule has 0 aromatic carbocycles. The quantitative estimate of drug-likeness (QED) is 0.120. The highest BCUT2D eigenvalue weighted by molar-refractivity contribution is 6.29. The number of Topliss-reactive ketones (excluding diaryl/α,β-unsaturated/α-hetero) is 2. The van der Waals surface area contributed by atoms with Crippen LogP contribution in [-0.4, -0.2) is 33.7 Å². The molecule has 5 nitrogen and oxygen atoms in total. The van der Waals surface area contributed by atoms with Gasteiger partial charge in [0.15, 0.2) is 5.78 Å². The van der Waals surface area contributed by atoms with Crippen LogP contribution in [0.2, 0.25) is 0 Å². The van der Waals surface area contributed by atoms with E-state index in [9.17, 15) is 9.59 Å². The first-order valence-electron chi connectivity index (χ1n) is 11.7. The van der Waals surface area contributed by atoms with Gasteiger partial charge in [-0.1, -0.05) is 64.4 Å². The maximum atomic E-state index is 12.8. The first-order chi connectivity index (χ1) is 15.0. The fourth-order valence-corrected chi connectivity index (χ4v) is 4.18. The van der Waals surface area contributed by atoms with Gasteiger partial charge in [-0.05, 0) is 30.9 Å². The lowest BCUT2D eigenvalue weighted by atomic mass is 9.80. The SMILES string of the molecule is CC1C(=O)C(=CCCCCCCCCCCCC/C(O)=C/O)C(=O)C2=C1C=C=CN2C. The molecule has 0 aromatic rings. The number of likely N-dealkylation sites (N-methyl/N-ethyl adjacent to an activating group) is 1. The molecular formula is C26H37NO4. The van der Waals surface area contributed by atoms with Crippen molar-refractivity contribution in [3.05, 3.63) is 52.9 Å². The molecule has 0 saturated carbocycles. The molecule has 2 N–H and O–H groups in total. The molecule has 5 heteroatoms. The first-order valence-corrected chi connectivity index (χ1v) is 11.7. The number of hydrogen-bond donors (Lipinski definition) is 2. The van der Waals surface area contributed by atoms with Crippen molar-refractivity contribution in [3.63, 3.8) is 0 Å². The maximum Gasteiger partial charge on any atom is 0.212 e. The molecule has 0 aromatic heterocycles. The summed E-state index contributed by atoms with van der Waals surface area (Å²) in [6.07, 6.45) is 18.8. The van der Waals surface area contributed by atoms with Crippen LogP contribution in [-0.2, 0) is 9.59 Å². The molecular weight excluding hydrogens is 390 g/mol.